The van der Waals surface area contributed by atoms with Crippen LogP contribution in [0, 0.1) is 0 Å². The Balaban J connectivity index is 1.75. The summed E-state index contributed by atoms with van der Waals surface area (Å²) in [6.45, 7) is 0. The Hall–Kier alpha value is -2.28. The van der Waals surface area contributed by atoms with Gasteiger partial charge in [-0.1, -0.05) is 29.5 Å². The summed E-state index contributed by atoms with van der Waals surface area (Å²) < 4.78 is 5.90. The number of nitrogens with one attached hydrogen (secondary N) is 1. The molecule has 0 aliphatic heterocycles. The summed E-state index contributed by atoms with van der Waals surface area (Å²) in [7, 11) is 0. The highest BCUT2D eigenvalue weighted by atomic mass is 32.1. The molecule has 6 nitrogen and oxygen atoms in total. The van der Waals surface area contributed by atoms with Crippen LogP contribution in [0.1, 0.15) is 42.2 Å². The molecule has 0 unspecified atom stereocenters. The van der Waals surface area contributed by atoms with E-state index in [2.05, 4.69) is 30.5 Å². The van der Waals surface area contributed by atoms with E-state index >= 15 is 0 Å². The van der Waals surface area contributed by atoms with Gasteiger partial charge in [-0.25, -0.2) is 4.98 Å². The molecule has 1 fully saturated rings. The first-order valence-corrected chi connectivity index (χ1v) is 8.22. The van der Waals surface area contributed by atoms with Crippen molar-refractivity contribution in [2.45, 2.75) is 31.7 Å². The molecule has 1 aromatic carbocycles. The van der Waals surface area contributed by atoms with Gasteiger partial charge in [0.25, 0.3) is 5.91 Å². The van der Waals surface area contributed by atoms with Gasteiger partial charge in [-0.3, -0.25) is 10.1 Å². The Morgan fingerprint density at radius 2 is 2.09 bits per heavy atom. The van der Waals surface area contributed by atoms with Crippen LogP contribution in [0.15, 0.2) is 29.6 Å². The zero-order valence-electron chi connectivity index (χ0n) is 11.9. The third kappa shape index (κ3) is 2.27. The van der Waals surface area contributed by atoms with E-state index in [1.165, 1.54) is 12.8 Å². The van der Waals surface area contributed by atoms with E-state index in [0.717, 1.165) is 35.4 Å². The predicted octanol–water partition coefficient (Wildman–Crippen LogP) is 3.26. The lowest BCUT2D eigenvalue weighted by Crippen LogP contribution is -2.18. The van der Waals surface area contributed by atoms with Crippen molar-refractivity contribution in [1.29, 1.82) is 0 Å². The van der Waals surface area contributed by atoms with Gasteiger partial charge in [0.1, 0.15) is 0 Å². The van der Waals surface area contributed by atoms with E-state index in [1.54, 1.807) is 5.38 Å². The largest absolute Gasteiger partial charge is 0.307 e. The van der Waals surface area contributed by atoms with Gasteiger partial charge in [-0.2, -0.15) is 0 Å². The monoisotopic (exact) mass is 313 g/mol. The maximum absolute atomic E-state index is 12.3. The quantitative estimate of drug-likeness (QED) is 0.805. The van der Waals surface area contributed by atoms with Crippen molar-refractivity contribution in [3.05, 3.63) is 35.3 Å². The predicted molar refractivity (Wildman–Crippen MR) is 85.1 cm³/mol. The van der Waals surface area contributed by atoms with E-state index in [-0.39, 0.29) is 5.91 Å². The van der Waals surface area contributed by atoms with Crippen molar-refractivity contribution in [2.75, 3.05) is 5.32 Å². The van der Waals surface area contributed by atoms with Gasteiger partial charge in [-0.15, -0.1) is 5.10 Å². The number of aromatic nitrogens is 4. The van der Waals surface area contributed by atoms with Crippen LogP contribution in [0.25, 0.3) is 11.0 Å². The summed E-state index contributed by atoms with van der Waals surface area (Å²) in [6, 6.07) is 8.40. The second-order valence-electron chi connectivity index (χ2n) is 5.48. The van der Waals surface area contributed by atoms with Crippen LogP contribution in [0.2, 0.25) is 0 Å². The van der Waals surface area contributed by atoms with Crippen LogP contribution in [-0.2, 0) is 0 Å². The van der Waals surface area contributed by atoms with Crippen molar-refractivity contribution in [2.24, 2.45) is 0 Å². The molecule has 1 amide bonds. The van der Waals surface area contributed by atoms with Crippen LogP contribution in [0.5, 0.6) is 0 Å². The second kappa shape index (κ2) is 5.49. The molecule has 0 spiro atoms. The van der Waals surface area contributed by atoms with E-state index in [4.69, 9.17) is 0 Å². The molecule has 2 aromatic heterocycles. The van der Waals surface area contributed by atoms with Gasteiger partial charge >= 0.3 is 0 Å². The summed E-state index contributed by atoms with van der Waals surface area (Å²) in [6.07, 6.45) is 4.70. The number of para-hydroxylation sites is 2. The molecule has 1 aliphatic carbocycles. The smallest absolute Gasteiger partial charge is 0.279 e. The van der Waals surface area contributed by atoms with Gasteiger partial charge in [0.05, 0.1) is 11.0 Å². The second-order valence-corrected chi connectivity index (χ2v) is 6.09. The van der Waals surface area contributed by atoms with E-state index in [9.17, 15) is 4.79 Å². The maximum atomic E-state index is 12.3. The fourth-order valence-corrected chi connectivity index (χ4v) is 3.53. The van der Waals surface area contributed by atoms with Gasteiger partial charge in [0, 0.05) is 11.4 Å². The topological polar surface area (TPSA) is 72.7 Å². The lowest BCUT2D eigenvalue weighted by molar-refractivity contribution is 0.102. The Morgan fingerprint density at radius 3 is 2.86 bits per heavy atom. The fraction of sp³-hybridized carbons (Fsp3) is 0.333. The number of imidazole rings is 1. The molecule has 0 saturated heterocycles. The first-order chi connectivity index (χ1) is 10.8. The zero-order chi connectivity index (χ0) is 14.9. The number of fused-ring (bicyclic) bond motifs is 1. The average Bonchev–Trinajstić information content (AvgIpc) is 3.27. The van der Waals surface area contributed by atoms with Crippen LogP contribution >= 0.6 is 11.5 Å². The van der Waals surface area contributed by atoms with E-state index < -0.39 is 0 Å². The van der Waals surface area contributed by atoms with Gasteiger partial charge in [0.15, 0.2) is 5.69 Å². The molecular weight excluding hydrogens is 298 g/mol. The number of nitrogens with zero attached hydrogens (tertiary/aromatic N) is 4. The Labute approximate surface area is 131 Å². The molecule has 2 heterocycles. The third-order valence-corrected chi connectivity index (χ3v) is 4.61. The normalized spacial score (nSPS) is 15.5. The van der Waals surface area contributed by atoms with Crippen molar-refractivity contribution in [3.8, 4) is 0 Å². The molecule has 0 radical (unpaired) electrons. The standard InChI is InChI=1S/C15H15N5OS/c21-14(12-9-22-19-18-12)17-15-16-11-7-3-4-8-13(11)20(15)10-5-1-2-6-10/h3-4,7-10H,1-2,5-6H2,(H,16,17,21). The number of hydrogen-bond acceptors (Lipinski definition) is 5. The molecule has 112 valence electrons. The number of rotatable bonds is 3. The first kappa shape index (κ1) is 13.4. The summed E-state index contributed by atoms with van der Waals surface area (Å²) in [5.74, 6) is 0.342. The van der Waals surface area contributed by atoms with Gasteiger partial charge in [-0.05, 0) is 36.5 Å². The maximum Gasteiger partial charge on any atom is 0.279 e. The highest BCUT2D eigenvalue weighted by Crippen LogP contribution is 2.35. The molecule has 3 aromatic rings. The van der Waals surface area contributed by atoms with Gasteiger partial charge < -0.3 is 4.57 Å². The molecule has 22 heavy (non-hydrogen) atoms. The minimum absolute atomic E-state index is 0.261. The van der Waals surface area contributed by atoms with Crippen LogP contribution in [0.4, 0.5) is 5.95 Å². The summed E-state index contributed by atoms with van der Waals surface area (Å²) >= 11 is 1.16. The lowest BCUT2D eigenvalue weighted by Gasteiger charge is -2.16. The number of anilines is 1. The van der Waals surface area contributed by atoms with Crippen LogP contribution < -0.4 is 5.32 Å². The average molecular weight is 313 g/mol. The number of carbonyl (C=O) groups excluding carboxylic acids is 1. The van der Waals surface area contributed by atoms with Gasteiger partial charge in [0.2, 0.25) is 5.95 Å². The SMILES string of the molecule is O=C(Nc1nc2ccccc2n1C1CCCC1)c1csnn1. The summed E-state index contributed by atoms with van der Waals surface area (Å²) in [5.41, 5.74) is 2.30. The van der Waals surface area contributed by atoms with E-state index in [0.29, 0.717) is 17.7 Å². The minimum Gasteiger partial charge on any atom is -0.307 e. The first-order valence-electron chi connectivity index (χ1n) is 7.38. The Bertz CT molecular complexity index is 805. The van der Waals surface area contributed by atoms with Crippen molar-refractivity contribution in [1.82, 2.24) is 19.1 Å². The number of amides is 1. The molecule has 1 saturated carbocycles. The molecule has 1 aliphatic rings. The molecule has 7 heteroatoms. The molecular formula is C15H15N5OS. The molecule has 4 rings (SSSR count). The summed E-state index contributed by atoms with van der Waals surface area (Å²) in [5, 5.41) is 8.35. The number of hydrogen-bond donors (Lipinski definition) is 1. The third-order valence-electron chi connectivity index (χ3n) is 4.10. The molecule has 0 bridgehead atoms. The van der Waals surface area contributed by atoms with Crippen molar-refractivity contribution >= 4 is 34.4 Å². The Kier molecular flexibility index (Phi) is 3.34. The fourth-order valence-electron chi connectivity index (χ4n) is 3.09. The van der Waals surface area contributed by atoms with Crippen LogP contribution in [0.3, 0.4) is 0 Å². The lowest BCUT2D eigenvalue weighted by atomic mass is 10.2. The van der Waals surface area contributed by atoms with Crippen LogP contribution in [-0.4, -0.2) is 25.0 Å². The minimum atomic E-state index is -0.261. The highest BCUT2D eigenvalue weighted by molar-refractivity contribution is 7.03. The highest BCUT2D eigenvalue weighted by Gasteiger charge is 2.24. The summed E-state index contributed by atoms with van der Waals surface area (Å²) in [4.78, 5) is 16.9. The van der Waals surface area contributed by atoms with Crippen molar-refractivity contribution < 1.29 is 4.79 Å². The zero-order valence-corrected chi connectivity index (χ0v) is 12.7. The molecule has 0 atom stereocenters. The number of carbonyl (C=O) groups is 1. The van der Waals surface area contributed by atoms with Crippen molar-refractivity contribution in [3.63, 3.8) is 0 Å². The van der Waals surface area contributed by atoms with E-state index in [1.807, 2.05) is 18.2 Å². The molecule has 1 N–H and O–H groups in total. The number of benzene rings is 1. The Morgan fingerprint density at radius 1 is 1.27 bits per heavy atom.